The first-order valence-electron chi connectivity index (χ1n) is 5.39. The third-order valence-electron chi connectivity index (χ3n) is 2.22. The molecule has 1 heterocycles. The molecule has 0 bridgehead atoms. The van der Waals surface area contributed by atoms with Crippen LogP contribution in [0.4, 0.5) is 0 Å². The highest BCUT2D eigenvalue weighted by Crippen LogP contribution is 1.97. The Bertz CT molecular complexity index is 229. The second-order valence-electron chi connectivity index (χ2n) is 4.26. The first-order valence-corrected chi connectivity index (χ1v) is 5.39. The summed E-state index contributed by atoms with van der Waals surface area (Å²) in [5, 5.41) is 7.68. The van der Waals surface area contributed by atoms with E-state index >= 15 is 0 Å². The molecule has 0 spiro atoms. The molecule has 1 unspecified atom stereocenters. The maximum atomic E-state index is 4.17. The summed E-state index contributed by atoms with van der Waals surface area (Å²) in [6.45, 7) is 8.78. The molecule has 0 aliphatic heterocycles. The van der Waals surface area contributed by atoms with Crippen molar-refractivity contribution in [3.05, 3.63) is 18.5 Å². The molecular formula is C11H21N3. The first-order chi connectivity index (χ1) is 6.68. The predicted molar refractivity (Wildman–Crippen MR) is 59.1 cm³/mol. The summed E-state index contributed by atoms with van der Waals surface area (Å²) in [4.78, 5) is 0. The summed E-state index contributed by atoms with van der Waals surface area (Å²) in [6.07, 6.45) is 4.97. The van der Waals surface area contributed by atoms with Crippen LogP contribution in [0.3, 0.4) is 0 Å². The molecule has 80 valence electrons. The van der Waals surface area contributed by atoms with Gasteiger partial charge >= 0.3 is 0 Å². The van der Waals surface area contributed by atoms with E-state index in [1.807, 2.05) is 23.1 Å². The minimum absolute atomic E-state index is 0.571. The van der Waals surface area contributed by atoms with E-state index in [1.165, 1.54) is 0 Å². The molecule has 14 heavy (non-hydrogen) atoms. The quantitative estimate of drug-likeness (QED) is 0.751. The molecule has 3 nitrogen and oxygen atoms in total. The number of hydrogen-bond acceptors (Lipinski definition) is 2. The minimum Gasteiger partial charge on any atom is -0.314 e. The van der Waals surface area contributed by atoms with Gasteiger partial charge in [-0.15, -0.1) is 0 Å². The lowest BCUT2D eigenvalue weighted by Gasteiger charge is -2.15. The van der Waals surface area contributed by atoms with Gasteiger partial charge in [0.05, 0.1) is 0 Å². The predicted octanol–water partition coefficient (Wildman–Crippen LogP) is 1.91. The fourth-order valence-electron chi connectivity index (χ4n) is 1.30. The van der Waals surface area contributed by atoms with Crippen molar-refractivity contribution < 1.29 is 0 Å². The lowest BCUT2D eigenvalue weighted by atomic mass is 10.2. The third-order valence-corrected chi connectivity index (χ3v) is 2.22. The van der Waals surface area contributed by atoms with Gasteiger partial charge in [0.25, 0.3) is 0 Å². The maximum Gasteiger partial charge on any atom is 0.0489 e. The molecule has 1 atom stereocenters. The van der Waals surface area contributed by atoms with Gasteiger partial charge in [-0.2, -0.15) is 5.10 Å². The van der Waals surface area contributed by atoms with Crippen LogP contribution in [0.1, 0.15) is 27.2 Å². The summed E-state index contributed by atoms with van der Waals surface area (Å²) >= 11 is 0. The SMILES string of the molecule is CC(C)CNC(C)CCn1cccn1. The largest absolute Gasteiger partial charge is 0.314 e. The van der Waals surface area contributed by atoms with Crippen molar-refractivity contribution in [3.8, 4) is 0 Å². The molecule has 0 saturated heterocycles. The minimum atomic E-state index is 0.571. The monoisotopic (exact) mass is 195 g/mol. The second-order valence-corrected chi connectivity index (χ2v) is 4.26. The Balaban J connectivity index is 2.12. The van der Waals surface area contributed by atoms with Gasteiger partial charge in [-0.3, -0.25) is 4.68 Å². The highest BCUT2D eigenvalue weighted by Gasteiger charge is 2.02. The number of aryl methyl sites for hydroxylation is 1. The zero-order chi connectivity index (χ0) is 10.4. The van der Waals surface area contributed by atoms with E-state index in [2.05, 4.69) is 31.2 Å². The average molecular weight is 195 g/mol. The molecule has 0 aliphatic rings. The molecule has 1 aromatic heterocycles. The van der Waals surface area contributed by atoms with Gasteiger partial charge in [0.1, 0.15) is 0 Å². The van der Waals surface area contributed by atoms with Crippen LogP contribution in [0.25, 0.3) is 0 Å². The number of nitrogens with one attached hydrogen (secondary N) is 1. The number of hydrogen-bond donors (Lipinski definition) is 1. The van der Waals surface area contributed by atoms with Crippen molar-refractivity contribution in [2.24, 2.45) is 5.92 Å². The van der Waals surface area contributed by atoms with Gasteiger partial charge in [0.15, 0.2) is 0 Å². The Hall–Kier alpha value is -0.830. The van der Waals surface area contributed by atoms with Crippen molar-refractivity contribution in [2.45, 2.75) is 39.8 Å². The fourth-order valence-corrected chi connectivity index (χ4v) is 1.30. The summed E-state index contributed by atoms with van der Waals surface area (Å²) in [5.74, 6) is 0.724. The summed E-state index contributed by atoms with van der Waals surface area (Å²) in [6, 6.07) is 2.54. The first kappa shape index (κ1) is 11.2. The van der Waals surface area contributed by atoms with Crippen LogP contribution < -0.4 is 5.32 Å². The van der Waals surface area contributed by atoms with Gasteiger partial charge in [0.2, 0.25) is 0 Å². The Labute approximate surface area is 86.5 Å². The Morgan fingerprint density at radius 1 is 1.36 bits per heavy atom. The standard InChI is InChI=1S/C11H21N3/c1-10(2)9-12-11(3)5-8-14-7-4-6-13-14/h4,6-7,10-12H,5,8-9H2,1-3H3. The third kappa shape index (κ3) is 4.42. The zero-order valence-corrected chi connectivity index (χ0v) is 9.40. The van der Waals surface area contributed by atoms with Gasteiger partial charge in [-0.05, 0) is 31.9 Å². The van der Waals surface area contributed by atoms with Crippen LogP contribution in [0, 0.1) is 5.92 Å². The number of nitrogens with zero attached hydrogens (tertiary/aromatic N) is 2. The Morgan fingerprint density at radius 2 is 2.14 bits per heavy atom. The fraction of sp³-hybridized carbons (Fsp3) is 0.727. The molecule has 0 saturated carbocycles. The summed E-state index contributed by atoms with van der Waals surface area (Å²) < 4.78 is 1.98. The molecule has 0 aromatic carbocycles. The summed E-state index contributed by atoms with van der Waals surface area (Å²) in [5.41, 5.74) is 0. The molecule has 3 heteroatoms. The smallest absolute Gasteiger partial charge is 0.0489 e. The van der Waals surface area contributed by atoms with E-state index in [9.17, 15) is 0 Å². The molecule has 0 aliphatic carbocycles. The van der Waals surface area contributed by atoms with Gasteiger partial charge in [0, 0.05) is 25.0 Å². The van der Waals surface area contributed by atoms with Gasteiger partial charge < -0.3 is 5.32 Å². The second kappa shape index (κ2) is 5.81. The molecule has 1 aromatic rings. The molecule has 1 rings (SSSR count). The zero-order valence-electron chi connectivity index (χ0n) is 9.40. The Morgan fingerprint density at radius 3 is 2.71 bits per heavy atom. The number of rotatable bonds is 6. The van der Waals surface area contributed by atoms with Crippen molar-refractivity contribution >= 4 is 0 Å². The van der Waals surface area contributed by atoms with E-state index in [4.69, 9.17) is 0 Å². The molecule has 1 N–H and O–H groups in total. The van der Waals surface area contributed by atoms with Crippen molar-refractivity contribution in [1.82, 2.24) is 15.1 Å². The summed E-state index contributed by atoms with van der Waals surface area (Å²) in [7, 11) is 0. The van der Waals surface area contributed by atoms with E-state index in [1.54, 1.807) is 0 Å². The van der Waals surface area contributed by atoms with Crippen LogP contribution in [0.5, 0.6) is 0 Å². The van der Waals surface area contributed by atoms with Crippen LogP contribution in [0.2, 0.25) is 0 Å². The highest BCUT2D eigenvalue weighted by atomic mass is 15.3. The van der Waals surface area contributed by atoms with E-state index in [-0.39, 0.29) is 0 Å². The van der Waals surface area contributed by atoms with Crippen LogP contribution in [0.15, 0.2) is 18.5 Å². The van der Waals surface area contributed by atoms with E-state index in [0.717, 1.165) is 25.4 Å². The van der Waals surface area contributed by atoms with Crippen molar-refractivity contribution in [2.75, 3.05) is 6.54 Å². The van der Waals surface area contributed by atoms with Gasteiger partial charge in [-0.25, -0.2) is 0 Å². The lowest BCUT2D eigenvalue weighted by molar-refractivity contribution is 0.431. The topological polar surface area (TPSA) is 29.9 Å². The molecule has 0 amide bonds. The maximum absolute atomic E-state index is 4.17. The molecular weight excluding hydrogens is 174 g/mol. The molecule has 0 fully saturated rings. The molecule has 0 radical (unpaired) electrons. The van der Waals surface area contributed by atoms with E-state index < -0.39 is 0 Å². The number of aromatic nitrogens is 2. The normalized spacial score (nSPS) is 13.4. The van der Waals surface area contributed by atoms with Gasteiger partial charge in [-0.1, -0.05) is 13.8 Å². The highest BCUT2D eigenvalue weighted by molar-refractivity contribution is 4.78. The van der Waals surface area contributed by atoms with Crippen molar-refractivity contribution in [3.63, 3.8) is 0 Å². The lowest BCUT2D eigenvalue weighted by Crippen LogP contribution is -2.30. The van der Waals surface area contributed by atoms with Crippen LogP contribution in [-0.2, 0) is 6.54 Å². The average Bonchev–Trinajstić information content (AvgIpc) is 2.63. The van der Waals surface area contributed by atoms with E-state index in [0.29, 0.717) is 6.04 Å². The Kier molecular flexibility index (Phi) is 4.66. The van der Waals surface area contributed by atoms with Crippen LogP contribution >= 0.6 is 0 Å². The van der Waals surface area contributed by atoms with Crippen molar-refractivity contribution in [1.29, 1.82) is 0 Å². The van der Waals surface area contributed by atoms with Crippen LogP contribution in [-0.4, -0.2) is 22.4 Å².